The van der Waals surface area contributed by atoms with E-state index < -0.39 is 0 Å². The Labute approximate surface area is 141 Å². The summed E-state index contributed by atoms with van der Waals surface area (Å²) in [6.45, 7) is 6.58. The van der Waals surface area contributed by atoms with Crippen molar-refractivity contribution in [3.8, 4) is 0 Å². The van der Waals surface area contributed by atoms with Gasteiger partial charge < -0.3 is 9.42 Å². The van der Waals surface area contributed by atoms with E-state index >= 15 is 0 Å². The lowest BCUT2D eigenvalue weighted by Gasteiger charge is -2.38. The second-order valence-corrected chi connectivity index (χ2v) is 6.22. The van der Waals surface area contributed by atoms with Crippen LogP contribution in [0.25, 0.3) is 0 Å². The summed E-state index contributed by atoms with van der Waals surface area (Å²) in [4.78, 5) is 16.4. The van der Waals surface area contributed by atoms with Crippen LogP contribution in [0.15, 0.2) is 34.9 Å². The van der Waals surface area contributed by atoms with Crippen LogP contribution in [0, 0.1) is 12.7 Å². The number of aryl methyl sites for hydroxylation is 1. The second kappa shape index (κ2) is 7.13. The highest BCUT2D eigenvalue weighted by atomic mass is 19.1. The number of carbonyl (C=O) groups is 1. The molecule has 0 N–H and O–H groups in total. The summed E-state index contributed by atoms with van der Waals surface area (Å²) in [5.74, 6) is 0.590. The van der Waals surface area contributed by atoms with E-state index in [0.717, 1.165) is 13.1 Å². The molecule has 1 aromatic carbocycles. The molecule has 1 aliphatic rings. The van der Waals surface area contributed by atoms with Crippen LogP contribution in [-0.2, 0) is 11.2 Å². The molecule has 5 nitrogen and oxygen atoms in total. The number of aromatic nitrogens is 1. The Morgan fingerprint density at radius 1 is 1.29 bits per heavy atom. The van der Waals surface area contributed by atoms with E-state index in [9.17, 15) is 9.18 Å². The van der Waals surface area contributed by atoms with Crippen LogP contribution >= 0.6 is 0 Å². The molecule has 24 heavy (non-hydrogen) atoms. The van der Waals surface area contributed by atoms with Gasteiger partial charge in [0.05, 0.1) is 12.1 Å². The minimum atomic E-state index is -0.176. The van der Waals surface area contributed by atoms with Crippen molar-refractivity contribution in [2.24, 2.45) is 0 Å². The molecule has 0 radical (unpaired) electrons. The van der Waals surface area contributed by atoms with E-state index in [1.165, 1.54) is 6.07 Å². The number of halogens is 1. The molecule has 1 fully saturated rings. The van der Waals surface area contributed by atoms with Gasteiger partial charge in [0.2, 0.25) is 5.91 Å². The number of rotatable bonds is 4. The van der Waals surface area contributed by atoms with Gasteiger partial charge in [0.1, 0.15) is 11.6 Å². The maximum Gasteiger partial charge on any atom is 0.228 e. The average Bonchev–Trinajstić information content (AvgIpc) is 2.99. The van der Waals surface area contributed by atoms with E-state index in [0.29, 0.717) is 30.1 Å². The average molecular weight is 331 g/mol. The molecule has 0 aliphatic carbocycles. The minimum absolute atomic E-state index is 0.00152. The molecule has 0 bridgehead atoms. The van der Waals surface area contributed by atoms with Crippen LogP contribution in [-0.4, -0.2) is 47.0 Å². The van der Waals surface area contributed by atoms with Gasteiger partial charge in [0.15, 0.2) is 0 Å². The molecule has 0 saturated carbocycles. The summed E-state index contributed by atoms with van der Waals surface area (Å²) >= 11 is 0. The van der Waals surface area contributed by atoms with Crippen LogP contribution in [0.1, 0.15) is 30.0 Å². The van der Waals surface area contributed by atoms with Crippen molar-refractivity contribution in [1.29, 1.82) is 0 Å². The van der Waals surface area contributed by atoms with Gasteiger partial charge in [-0.25, -0.2) is 4.39 Å². The largest absolute Gasteiger partial charge is 0.361 e. The highest BCUT2D eigenvalue weighted by molar-refractivity contribution is 5.78. The van der Waals surface area contributed by atoms with Crippen molar-refractivity contribution in [3.05, 3.63) is 53.2 Å². The first-order valence-corrected chi connectivity index (χ1v) is 8.23. The van der Waals surface area contributed by atoms with Gasteiger partial charge >= 0.3 is 0 Å². The van der Waals surface area contributed by atoms with Crippen LogP contribution in [0.5, 0.6) is 0 Å². The number of hydrogen-bond acceptors (Lipinski definition) is 4. The molecule has 1 aliphatic heterocycles. The van der Waals surface area contributed by atoms with Crippen molar-refractivity contribution in [1.82, 2.24) is 15.0 Å². The molecule has 6 heteroatoms. The molecule has 1 atom stereocenters. The van der Waals surface area contributed by atoms with Gasteiger partial charge in [-0.15, -0.1) is 0 Å². The molecule has 0 spiro atoms. The maximum absolute atomic E-state index is 13.9. The van der Waals surface area contributed by atoms with Crippen molar-refractivity contribution in [2.45, 2.75) is 26.3 Å². The molecule has 1 aromatic heterocycles. The summed E-state index contributed by atoms with van der Waals surface area (Å²) in [6.07, 6.45) is 0.264. The SMILES string of the molecule is Cc1cc(CC(=O)N2CCN([C@@H](C)c3ccccc3F)CC2)no1. The van der Waals surface area contributed by atoms with Crippen molar-refractivity contribution >= 4 is 5.91 Å². The van der Waals surface area contributed by atoms with E-state index in [1.807, 2.05) is 30.9 Å². The summed E-state index contributed by atoms with van der Waals surface area (Å²) in [6, 6.07) is 8.66. The number of amides is 1. The lowest BCUT2D eigenvalue weighted by molar-refractivity contribution is -0.132. The van der Waals surface area contributed by atoms with Crippen molar-refractivity contribution < 1.29 is 13.7 Å². The fraction of sp³-hybridized carbons (Fsp3) is 0.444. The van der Waals surface area contributed by atoms with Crippen LogP contribution < -0.4 is 0 Å². The number of carbonyl (C=O) groups excluding carboxylic acids is 1. The van der Waals surface area contributed by atoms with Gasteiger partial charge in [-0.2, -0.15) is 0 Å². The first-order chi connectivity index (χ1) is 11.5. The van der Waals surface area contributed by atoms with Crippen molar-refractivity contribution in [2.75, 3.05) is 26.2 Å². The summed E-state index contributed by atoms with van der Waals surface area (Å²) < 4.78 is 18.9. The fourth-order valence-corrected chi connectivity index (χ4v) is 3.14. The number of piperazine rings is 1. The van der Waals surface area contributed by atoms with Crippen LogP contribution in [0.4, 0.5) is 4.39 Å². The molecule has 0 unspecified atom stereocenters. The third-order valence-corrected chi connectivity index (χ3v) is 4.58. The van der Waals surface area contributed by atoms with E-state index in [2.05, 4.69) is 10.1 Å². The lowest BCUT2D eigenvalue weighted by Crippen LogP contribution is -2.49. The Morgan fingerprint density at radius 3 is 2.62 bits per heavy atom. The van der Waals surface area contributed by atoms with Gasteiger partial charge in [-0.05, 0) is 19.9 Å². The van der Waals surface area contributed by atoms with Crippen molar-refractivity contribution in [3.63, 3.8) is 0 Å². The van der Waals surface area contributed by atoms with E-state index in [4.69, 9.17) is 4.52 Å². The summed E-state index contributed by atoms with van der Waals surface area (Å²) in [7, 11) is 0. The molecular weight excluding hydrogens is 309 g/mol. The maximum atomic E-state index is 13.9. The van der Waals surface area contributed by atoms with Gasteiger partial charge in [0.25, 0.3) is 0 Å². The molecule has 3 rings (SSSR count). The molecule has 128 valence electrons. The Morgan fingerprint density at radius 2 is 2.00 bits per heavy atom. The Bertz CT molecular complexity index is 708. The summed E-state index contributed by atoms with van der Waals surface area (Å²) in [5, 5.41) is 3.87. The first kappa shape index (κ1) is 16.6. The molecule has 2 aromatic rings. The topological polar surface area (TPSA) is 49.6 Å². The Balaban J connectivity index is 1.55. The quantitative estimate of drug-likeness (QED) is 0.864. The van der Waals surface area contributed by atoms with E-state index in [1.54, 1.807) is 12.1 Å². The predicted molar refractivity (Wildman–Crippen MR) is 87.9 cm³/mol. The summed E-state index contributed by atoms with van der Waals surface area (Å²) in [5.41, 5.74) is 1.37. The predicted octanol–water partition coefficient (Wildman–Crippen LogP) is 2.57. The zero-order valence-corrected chi connectivity index (χ0v) is 14.0. The zero-order chi connectivity index (χ0) is 17.1. The standard InChI is InChI=1S/C18H22FN3O2/c1-13-11-15(20-24-13)12-18(23)22-9-7-21(8-10-22)14(2)16-5-3-4-6-17(16)19/h3-6,11,14H,7-10,12H2,1-2H3/t14-/m0/s1. The monoisotopic (exact) mass is 331 g/mol. The highest BCUT2D eigenvalue weighted by Gasteiger charge is 2.26. The number of nitrogens with zero attached hydrogens (tertiary/aromatic N) is 3. The van der Waals surface area contributed by atoms with Crippen LogP contribution in [0.2, 0.25) is 0 Å². The molecule has 1 amide bonds. The first-order valence-electron chi connectivity index (χ1n) is 8.23. The van der Waals surface area contributed by atoms with Gasteiger partial charge in [-0.1, -0.05) is 23.4 Å². The number of hydrogen-bond donors (Lipinski definition) is 0. The smallest absolute Gasteiger partial charge is 0.228 e. The Kier molecular flexibility index (Phi) is 4.94. The third kappa shape index (κ3) is 3.64. The van der Waals surface area contributed by atoms with Gasteiger partial charge in [-0.3, -0.25) is 9.69 Å². The van der Waals surface area contributed by atoms with E-state index in [-0.39, 0.29) is 24.2 Å². The van der Waals surface area contributed by atoms with Gasteiger partial charge in [0, 0.05) is 43.9 Å². The number of benzene rings is 1. The second-order valence-electron chi connectivity index (χ2n) is 6.22. The van der Waals surface area contributed by atoms with Crippen LogP contribution in [0.3, 0.4) is 0 Å². The molecule has 2 heterocycles. The normalized spacial score (nSPS) is 17.0. The zero-order valence-electron chi connectivity index (χ0n) is 14.0. The molecule has 1 saturated heterocycles. The highest BCUT2D eigenvalue weighted by Crippen LogP contribution is 2.24. The third-order valence-electron chi connectivity index (χ3n) is 4.58. The molecular formula is C18H22FN3O2. The lowest BCUT2D eigenvalue weighted by atomic mass is 10.1. The fourth-order valence-electron chi connectivity index (χ4n) is 3.14. The minimum Gasteiger partial charge on any atom is -0.361 e. The Hall–Kier alpha value is -2.21.